The molecule has 0 aliphatic heterocycles. The number of aromatic hydroxyl groups is 1. The molecule has 0 spiro atoms. The van der Waals surface area contributed by atoms with Crippen molar-refractivity contribution in [1.29, 1.82) is 0 Å². The van der Waals surface area contributed by atoms with Crippen LogP contribution in [0.15, 0.2) is 71.6 Å². The molecule has 0 bridgehead atoms. The monoisotopic (exact) mass is 440 g/mol. The second-order valence-electron chi connectivity index (χ2n) is 8.03. The first kappa shape index (κ1) is 22.4. The van der Waals surface area contributed by atoms with Gasteiger partial charge in [0.2, 0.25) is 0 Å². The third-order valence-electron chi connectivity index (χ3n) is 4.76. The molecule has 31 heavy (non-hydrogen) atoms. The number of carbonyl (C=O) groups excluding carboxylic acids is 1. The highest BCUT2D eigenvalue weighted by molar-refractivity contribution is 7.87. The maximum absolute atomic E-state index is 13.0. The van der Waals surface area contributed by atoms with E-state index in [0.717, 1.165) is 17.7 Å². The third kappa shape index (κ3) is 4.88. The Balaban J connectivity index is 2.01. The molecular formula is C24H24O6S. The Kier molecular flexibility index (Phi) is 6.08. The minimum Gasteiger partial charge on any atom is -0.507 e. The van der Waals surface area contributed by atoms with E-state index in [1.54, 1.807) is 54.6 Å². The number of phenols is 1. The van der Waals surface area contributed by atoms with Crippen molar-refractivity contribution in [2.24, 2.45) is 0 Å². The molecule has 0 saturated heterocycles. The van der Waals surface area contributed by atoms with E-state index in [1.165, 1.54) is 7.11 Å². The Morgan fingerprint density at radius 1 is 0.935 bits per heavy atom. The number of hydrogen-bond donors (Lipinski definition) is 1. The summed E-state index contributed by atoms with van der Waals surface area (Å²) in [6.07, 6.45) is 0. The summed E-state index contributed by atoms with van der Waals surface area (Å²) in [5, 5.41) is 10.3. The molecule has 0 aliphatic carbocycles. The van der Waals surface area contributed by atoms with Gasteiger partial charge in [-0.05, 0) is 29.2 Å². The molecule has 0 aromatic heterocycles. The summed E-state index contributed by atoms with van der Waals surface area (Å²) in [5.74, 6) is -0.918. The van der Waals surface area contributed by atoms with Crippen LogP contribution in [0.5, 0.6) is 17.2 Å². The van der Waals surface area contributed by atoms with Gasteiger partial charge in [-0.25, -0.2) is 0 Å². The predicted molar refractivity (Wildman–Crippen MR) is 117 cm³/mol. The molecule has 3 rings (SSSR count). The Morgan fingerprint density at radius 2 is 1.55 bits per heavy atom. The number of benzene rings is 3. The van der Waals surface area contributed by atoms with E-state index < -0.39 is 15.9 Å². The van der Waals surface area contributed by atoms with Crippen LogP contribution >= 0.6 is 0 Å². The normalized spacial score (nSPS) is 11.7. The molecular weight excluding hydrogens is 416 g/mol. The van der Waals surface area contributed by atoms with E-state index in [9.17, 15) is 18.3 Å². The van der Waals surface area contributed by atoms with Crippen molar-refractivity contribution in [2.75, 3.05) is 7.11 Å². The van der Waals surface area contributed by atoms with Gasteiger partial charge in [0.1, 0.15) is 22.1 Å². The van der Waals surface area contributed by atoms with Crippen molar-refractivity contribution >= 4 is 15.9 Å². The Bertz CT molecular complexity index is 1190. The van der Waals surface area contributed by atoms with E-state index in [4.69, 9.17) is 8.92 Å². The highest BCUT2D eigenvalue weighted by Gasteiger charge is 2.27. The van der Waals surface area contributed by atoms with Crippen LogP contribution in [0, 0.1) is 0 Å². The summed E-state index contributed by atoms with van der Waals surface area (Å²) in [6.45, 7) is 6.14. The maximum Gasteiger partial charge on any atom is 0.342 e. The molecule has 0 fully saturated rings. The van der Waals surface area contributed by atoms with Gasteiger partial charge in [-0.3, -0.25) is 4.79 Å². The molecule has 0 saturated carbocycles. The lowest BCUT2D eigenvalue weighted by molar-refractivity contribution is 0.103. The lowest BCUT2D eigenvalue weighted by atomic mass is 9.87. The highest BCUT2D eigenvalue weighted by Crippen LogP contribution is 2.34. The molecule has 0 unspecified atom stereocenters. The predicted octanol–water partition coefficient (Wildman–Crippen LogP) is 4.70. The molecule has 3 aromatic carbocycles. The first-order valence-corrected chi connectivity index (χ1v) is 11.0. The molecule has 0 aliphatic rings. The van der Waals surface area contributed by atoms with Gasteiger partial charge in [0.15, 0.2) is 5.78 Å². The van der Waals surface area contributed by atoms with E-state index >= 15 is 0 Å². The lowest BCUT2D eigenvalue weighted by Gasteiger charge is -2.19. The number of methoxy groups -OCH3 is 1. The van der Waals surface area contributed by atoms with Gasteiger partial charge in [-0.15, -0.1) is 0 Å². The van der Waals surface area contributed by atoms with Gasteiger partial charge in [0, 0.05) is 11.6 Å². The molecule has 0 radical (unpaired) electrons. The quantitative estimate of drug-likeness (QED) is 0.442. The summed E-state index contributed by atoms with van der Waals surface area (Å²) < 4.78 is 36.4. The Hall–Kier alpha value is -3.32. The van der Waals surface area contributed by atoms with Crippen LogP contribution in [0.2, 0.25) is 0 Å². The zero-order valence-corrected chi connectivity index (χ0v) is 18.6. The fourth-order valence-electron chi connectivity index (χ4n) is 3.01. The Labute approximate surface area is 182 Å². The fourth-order valence-corrected chi connectivity index (χ4v) is 4.12. The molecule has 3 aromatic rings. The van der Waals surface area contributed by atoms with Crippen molar-refractivity contribution in [3.05, 3.63) is 83.4 Å². The van der Waals surface area contributed by atoms with E-state index in [-0.39, 0.29) is 33.1 Å². The Morgan fingerprint density at radius 3 is 2.10 bits per heavy atom. The van der Waals surface area contributed by atoms with E-state index in [2.05, 4.69) is 0 Å². The zero-order valence-electron chi connectivity index (χ0n) is 17.7. The van der Waals surface area contributed by atoms with Crippen molar-refractivity contribution in [1.82, 2.24) is 0 Å². The molecule has 6 nitrogen and oxygen atoms in total. The smallest absolute Gasteiger partial charge is 0.342 e. The highest BCUT2D eigenvalue weighted by atomic mass is 32.2. The zero-order chi connectivity index (χ0) is 22.8. The van der Waals surface area contributed by atoms with Crippen molar-refractivity contribution < 1.29 is 27.2 Å². The maximum atomic E-state index is 13.0. The second kappa shape index (κ2) is 8.43. The average Bonchev–Trinajstić information content (AvgIpc) is 2.73. The van der Waals surface area contributed by atoms with Crippen LogP contribution in [-0.2, 0) is 15.5 Å². The molecule has 0 atom stereocenters. The van der Waals surface area contributed by atoms with Crippen LogP contribution in [0.1, 0.15) is 42.3 Å². The average molecular weight is 441 g/mol. The molecule has 0 amide bonds. The van der Waals surface area contributed by atoms with Gasteiger partial charge >= 0.3 is 10.1 Å². The van der Waals surface area contributed by atoms with Gasteiger partial charge in [0.25, 0.3) is 0 Å². The van der Waals surface area contributed by atoms with Crippen molar-refractivity contribution in [3.8, 4) is 17.2 Å². The number of ether oxygens (including phenoxy) is 1. The molecule has 162 valence electrons. The number of hydrogen-bond acceptors (Lipinski definition) is 6. The summed E-state index contributed by atoms with van der Waals surface area (Å²) in [7, 11) is -3.08. The lowest BCUT2D eigenvalue weighted by Crippen LogP contribution is -2.14. The molecule has 7 heteroatoms. The summed E-state index contributed by atoms with van der Waals surface area (Å²) in [6, 6.07) is 17.2. The summed E-state index contributed by atoms with van der Waals surface area (Å²) in [5.41, 5.74) is 1.07. The van der Waals surface area contributed by atoms with Gasteiger partial charge in [0.05, 0.1) is 12.7 Å². The largest absolute Gasteiger partial charge is 0.507 e. The SMILES string of the molecule is COc1cc(O)c(C(=O)c2ccccc2)cc1S(=O)(=O)Oc1ccc(C(C)(C)C)cc1. The second-order valence-corrected chi connectivity index (χ2v) is 9.54. The van der Waals surface area contributed by atoms with E-state index in [0.29, 0.717) is 5.56 Å². The first-order chi connectivity index (χ1) is 14.5. The van der Waals surface area contributed by atoms with Crippen molar-refractivity contribution in [2.45, 2.75) is 31.1 Å². The first-order valence-electron chi connectivity index (χ1n) is 9.59. The van der Waals surface area contributed by atoms with Crippen molar-refractivity contribution in [3.63, 3.8) is 0 Å². The number of ketones is 1. The standard InChI is InChI=1S/C24H24O6S/c1-24(2,3)17-10-12-18(13-11-17)30-31(27,28)22-14-19(20(25)15-21(22)29-4)23(26)16-8-6-5-7-9-16/h5-15,25H,1-4H3. The topological polar surface area (TPSA) is 89.9 Å². The fraction of sp³-hybridized carbons (Fsp3) is 0.208. The van der Waals surface area contributed by atoms with Crippen LogP contribution in [0.25, 0.3) is 0 Å². The minimum absolute atomic E-state index is 0.0930. The summed E-state index contributed by atoms with van der Waals surface area (Å²) in [4.78, 5) is 12.4. The van der Waals surface area contributed by atoms with Crippen LogP contribution in [0.4, 0.5) is 0 Å². The van der Waals surface area contributed by atoms with Crippen LogP contribution in [-0.4, -0.2) is 26.4 Å². The molecule has 1 N–H and O–H groups in total. The minimum atomic E-state index is -4.35. The van der Waals surface area contributed by atoms with Gasteiger partial charge in [-0.1, -0.05) is 63.2 Å². The van der Waals surface area contributed by atoms with Crippen LogP contribution in [0.3, 0.4) is 0 Å². The molecule has 0 heterocycles. The number of rotatable bonds is 6. The van der Waals surface area contributed by atoms with Gasteiger partial charge in [-0.2, -0.15) is 8.42 Å². The van der Waals surface area contributed by atoms with Gasteiger partial charge < -0.3 is 14.0 Å². The number of phenolic OH excluding ortho intramolecular Hbond substituents is 1. The summed E-state index contributed by atoms with van der Waals surface area (Å²) >= 11 is 0. The number of carbonyl (C=O) groups is 1. The van der Waals surface area contributed by atoms with Crippen LogP contribution < -0.4 is 8.92 Å². The van der Waals surface area contributed by atoms with E-state index in [1.807, 2.05) is 20.8 Å². The third-order valence-corrected chi connectivity index (χ3v) is 6.03.